The molecular weight excluding hydrogens is 294 g/mol. The first-order valence-electron chi connectivity index (χ1n) is 5.98. The highest BCUT2D eigenvalue weighted by molar-refractivity contribution is 7.92. The molecule has 0 aliphatic carbocycles. The van der Waals surface area contributed by atoms with E-state index in [-0.39, 0.29) is 16.3 Å². The van der Waals surface area contributed by atoms with E-state index < -0.39 is 14.9 Å². The van der Waals surface area contributed by atoms with Crippen LogP contribution in [-0.4, -0.2) is 13.3 Å². The molecule has 0 aliphatic heterocycles. The first-order valence-corrected chi connectivity index (χ1v) is 7.47. The number of nitro benzene ring substituents is 1. The van der Waals surface area contributed by atoms with Crippen LogP contribution in [0, 0.1) is 10.1 Å². The smallest absolute Gasteiger partial charge is 0.269 e. The topological polar surface area (TPSA) is 115 Å². The summed E-state index contributed by atoms with van der Waals surface area (Å²) in [4.78, 5) is 10.1. The molecule has 2 aromatic carbocycles. The summed E-state index contributed by atoms with van der Waals surface area (Å²) in [7, 11) is -3.73. The highest BCUT2D eigenvalue weighted by Gasteiger charge is 2.14. The number of nitro groups is 1. The lowest BCUT2D eigenvalue weighted by atomic mass is 10.2. The van der Waals surface area contributed by atoms with Crippen LogP contribution in [-0.2, 0) is 16.6 Å². The lowest BCUT2D eigenvalue weighted by molar-refractivity contribution is -0.384. The van der Waals surface area contributed by atoms with Crippen LogP contribution in [0.5, 0.6) is 0 Å². The Morgan fingerprint density at radius 3 is 2.10 bits per heavy atom. The number of nitrogens with one attached hydrogen (secondary N) is 1. The summed E-state index contributed by atoms with van der Waals surface area (Å²) in [5.41, 5.74) is 6.42. The van der Waals surface area contributed by atoms with E-state index in [9.17, 15) is 18.5 Å². The first kappa shape index (κ1) is 14.9. The molecule has 0 heterocycles. The van der Waals surface area contributed by atoms with Gasteiger partial charge in [0.15, 0.2) is 0 Å². The Balaban J connectivity index is 2.21. The predicted octanol–water partition coefficient (Wildman–Crippen LogP) is 1.85. The van der Waals surface area contributed by atoms with Crippen LogP contribution in [0.1, 0.15) is 5.56 Å². The van der Waals surface area contributed by atoms with Gasteiger partial charge in [-0.1, -0.05) is 12.1 Å². The van der Waals surface area contributed by atoms with Gasteiger partial charge in [0.1, 0.15) is 0 Å². The third-order valence-corrected chi connectivity index (χ3v) is 4.20. The minimum absolute atomic E-state index is 0.0954. The van der Waals surface area contributed by atoms with Crippen molar-refractivity contribution in [3.63, 3.8) is 0 Å². The molecule has 0 saturated carbocycles. The van der Waals surface area contributed by atoms with Crippen molar-refractivity contribution in [3.05, 3.63) is 64.2 Å². The van der Waals surface area contributed by atoms with E-state index in [2.05, 4.69) is 4.72 Å². The molecule has 3 N–H and O–H groups in total. The average molecular weight is 307 g/mol. The van der Waals surface area contributed by atoms with E-state index in [1.54, 1.807) is 12.1 Å². The van der Waals surface area contributed by atoms with Crippen molar-refractivity contribution in [2.24, 2.45) is 5.73 Å². The van der Waals surface area contributed by atoms with Crippen LogP contribution in [0.2, 0.25) is 0 Å². The molecule has 0 saturated heterocycles. The number of rotatable bonds is 5. The van der Waals surface area contributed by atoms with E-state index >= 15 is 0 Å². The molecule has 0 fully saturated rings. The van der Waals surface area contributed by atoms with E-state index in [0.717, 1.165) is 5.56 Å². The number of sulfonamides is 1. The number of nitrogens with zero attached hydrogens (tertiary/aromatic N) is 1. The van der Waals surface area contributed by atoms with Gasteiger partial charge in [0.25, 0.3) is 15.7 Å². The van der Waals surface area contributed by atoms with Gasteiger partial charge in [0.2, 0.25) is 0 Å². The molecule has 0 bridgehead atoms. The molecule has 21 heavy (non-hydrogen) atoms. The highest BCUT2D eigenvalue weighted by atomic mass is 32.2. The number of hydrogen-bond donors (Lipinski definition) is 2. The average Bonchev–Trinajstić information content (AvgIpc) is 2.47. The van der Waals surface area contributed by atoms with Gasteiger partial charge in [-0.15, -0.1) is 0 Å². The van der Waals surface area contributed by atoms with Gasteiger partial charge in [0, 0.05) is 24.4 Å². The Morgan fingerprint density at radius 1 is 1.05 bits per heavy atom. The molecule has 0 radical (unpaired) electrons. The Morgan fingerprint density at radius 2 is 1.62 bits per heavy atom. The Hall–Kier alpha value is -2.45. The normalized spacial score (nSPS) is 11.1. The molecule has 0 amide bonds. The molecular formula is C13H13N3O4S. The van der Waals surface area contributed by atoms with Gasteiger partial charge in [-0.2, -0.15) is 0 Å². The molecule has 0 aliphatic rings. The monoisotopic (exact) mass is 307 g/mol. The number of non-ortho nitro benzene ring substituents is 1. The molecule has 0 spiro atoms. The van der Waals surface area contributed by atoms with Crippen molar-refractivity contribution in [3.8, 4) is 0 Å². The van der Waals surface area contributed by atoms with Gasteiger partial charge >= 0.3 is 0 Å². The zero-order chi connectivity index (χ0) is 15.5. The fraction of sp³-hybridized carbons (Fsp3) is 0.0769. The number of anilines is 1. The van der Waals surface area contributed by atoms with Gasteiger partial charge in [-0.05, 0) is 29.8 Å². The fourth-order valence-electron chi connectivity index (χ4n) is 1.67. The second-order valence-electron chi connectivity index (χ2n) is 4.26. The van der Waals surface area contributed by atoms with Gasteiger partial charge < -0.3 is 5.73 Å². The first-order chi connectivity index (χ1) is 9.92. The molecule has 2 aromatic rings. The van der Waals surface area contributed by atoms with Crippen LogP contribution in [0.25, 0.3) is 0 Å². The minimum atomic E-state index is -3.73. The van der Waals surface area contributed by atoms with Gasteiger partial charge in [0.05, 0.1) is 9.82 Å². The summed E-state index contributed by atoms with van der Waals surface area (Å²) < 4.78 is 26.6. The minimum Gasteiger partial charge on any atom is -0.326 e. The molecule has 8 heteroatoms. The van der Waals surface area contributed by atoms with Crippen molar-refractivity contribution < 1.29 is 13.3 Å². The van der Waals surface area contributed by atoms with Crippen molar-refractivity contribution in [1.29, 1.82) is 0 Å². The van der Waals surface area contributed by atoms with E-state index in [0.29, 0.717) is 6.54 Å². The maximum atomic E-state index is 12.1. The summed E-state index contributed by atoms with van der Waals surface area (Å²) in [5, 5.41) is 10.5. The second-order valence-corrected chi connectivity index (χ2v) is 5.94. The standard InChI is InChI=1S/C13H13N3O4S/c14-9-10-1-7-13(8-2-10)21(19,20)15-11-3-5-12(6-4-11)16(17)18/h1-8,15H,9,14H2. The van der Waals surface area contributed by atoms with Crippen molar-refractivity contribution in [2.45, 2.75) is 11.4 Å². The molecule has 2 rings (SSSR count). The van der Waals surface area contributed by atoms with E-state index in [1.165, 1.54) is 36.4 Å². The lowest BCUT2D eigenvalue weighted by Gasteiger charge is -2.08. The number of hydrogen-bond acceptors (Lipinski definition) is 5. The third kappa shape index (κ3) is 3.56. The summed E-state index contributed by atoms with van der Waals surface area (Å²) in [6.07, 6.45) is 0. The Labute approximate surface area is 121 Å². The zero-order valence-corrected chi connectivity index (χ0v) is 11.7. The number of nitrogens with two attached hydrogens (primary N) is 1. The summed E-state index contributed by atoms with van der Waals surface area (Å²) in [6, 6.07) is 11.3. The quantitative estimate of drug-likeness (QED) is 0.646. The highest BCUT2D eigenvalue weighted by Crippen LogP contribution is 2.19. The van der Waals surface area contributed by atoms with Crippen molar-refractivity contribution in [2.75, 3.05) is 4.72 Å². The summed E-state index contributed by atoms with van der Waals surface area (Å²) in [5.74, 6) is 0. The van der Waals surface area contributed by atoms with Crippen LogP contribution in [0.4, 0.5) is 11.4 Å². The summed E-state index contributed by atoms with van der Waals surface area (Å²) in [6.45, 7) is 0.329. The zero-order valence-electron chi connectivity index (χ0n) is 10.9. The molecule has 0 unspecified atom stereocenters. The third-order valence-electron chi connectivity index (χ3n) is 2.80. The van der Waals surface area contributed by atoms with E-state index in [4.69, 9.17) is 5.73 Å². The van der Waals surface area contributed by atoms with Crippen LogP contribution < -0.4 is 10.5 Å². The summed E-state index contributed by atoms with van der Waals surface area (Å²) >= 11 is 0. The predicted molar refractivity (Wildman–Crippen MR) is 78.2 cm³/mol. The van der Waals surface area contributed by atoms with Crippen LogP contribution in [0.15, 0.2) is 53.4 Å². The molecule has 0 atom stereocenters. The molecule has 0 aromatic heterocycles. The maximum Gasteiger partial charge on any atom is 0.269 e. The molecule has 7 nitrogen and oxygen atoms in total. The Kier molecular flexibility index (Phi) is 4.20. The van der Waals surface area contributed by atoms with Crippen LogP contribution >= 0.6 is 0 Å². The molecule has 110 valence electrons. The maximum absolute atomic E-state index is 12.1. The van der Waals surface area contributed by atoms with Crippen molar-refractivity contribution in [1.82, 2.24) is 0 Å². The second kappa shape index (κ2) is 5.90. The fourth-order valence-corrected chi connectivity index (χ4v) is 2.73. The largest absolute Gasteiger partial charge is 0.326 e. The SMILES string of the molecule is NCc1ccc(S(=O)(=O)Nc2ccc([N+](=O)[O-])cc2)cc1. The van der Waals surface area contributed by atoms with Crippen molar-refractivity contribution >= 4 is 21.4 Å². The Bertz CT molecular complexity index is 740. The number of benzene rings is 2. The van der Waals surface area contributed by atoms with Gasteiger partial charge in [-0.25, -0.2) is 8.42 Å². The van der Waals surface area contributed by atoms with E-state index in [1.807, 2.05) is 0 Å². The lowest BCUT2D eigenvalue weighted by Crippen LogP contribution is -2.13. The van der Waals surface area contributed by atoms with Gasteiger partial charge in [-0.3, -0.25) is 14.8 Å². The van der Waals surface area contributed by atoms with Crippen LogP contribution in [0.3, 0.4) is 0 Å².